The van der Waals surface area contributed by atoms with Gasteiger partial charge in [0, 0.05) is 18.6 Å². The average Bonchev–Trinajstić information content (AvgIpc) is 2.49. The van der Waals surface area contributed by atoms with Crippen molar-refractivity contribution < 1.29 is 0 Å². The first kappa shape index (κ1) is 17.0. The zero-order chi connectivity index (χ0) is 14.7. The minimum absolute atomic E-state index is 0.247. The van der Waals surface area contributed by atoms with Crippen molar-refractivity contribution in [3.05, 3.63) is 0 Å². The summed E-state index contributed by atoms with van der Waals surface area (Å²) in [5, 5.41) is 0. The maximum atomic E-state index is 6.21. The predicted octanol–water partition coefficient (Wildman–Crippen LogP) is 3.90. The second-order valence-corrected chi connectivity index (χ2v) is 8.28. The summed E-state index contributed by atoms with van der Waals surface area (Å²) in [5.41, 5.74) is 6.80. The van der Waals surface area contributed by atoms with Gasteiger partial charge in [-0.3, -0.25) is 4.90 Å². The summed E-state index contributed by atoms with van der Waals surface area (Å²) in [4.78, 5) is 2.57. The van der Waals surface area contributed by atoms with Crippen LogP contribution < -0.4 is 5.73 Å². The van der Waals surface area contributed by atoms with E-state index in [1.165, 1.54) is 32.1 Å². The van der Waals surface area contributed by atoms with E-state index in [9.17, 15) is 0 Å². The van der Waals surface area contributed by atoms with Gasteiger partial charge in [-0.25, -0.2) is 0 Å². The molecule has 0 bridgehead atoms. The minimum Gasteiger partial charge on any atom is -0.329 e. The molecule has 2 N–H and O–H groups in total. The van der Waals surface area contributed by atoms with Gasteiger partial charge in [0.05, 0.1) is 0 Å². The highest BCUT2D eigenvalue weighted by atomic mass is 15.2. The van der Waals surface area contributed by atoms with E-state index in [1.807, 2.05) is 0 Å². The highest BCUT2D eigenvalue weighted by molar-refractivity contribution is 4.94. The highest BCUT2D eigenvalue weighted by Gasteiger charge is 2.37. The summed E-state index contributed by atoms with van der Waals surface area (Å²) in [6.45, 7) is 13.7. The SMILES string of the molecule is CC(C)C1CCCC(CN)(N(C)CC(C)(C)C)CC1. The molecule has 0 aliphatic heterocycles. The Kier molecular flexibility index (Phi) is 5.88. The van der Waals surface area contributed by atoms with E-state index in [2.05, 4.69) is 46.6 Å². The van der Waals surface area contributed by atoms with Crippen LogP contribution in [-0.2, 0) is 0 Å². The van der Waals surface area contributed by atoms with Gasteiger partial charge in [0.1, 0.15) is 0 Å². The third-order valence-corrected chi connectivity index (χ3v) is 5.04. The lowest BCUT2D eigenvalue weighted by atomic mass is 9.84. The predicted molar refractivity (Wildman–Crippen MR) is 85.3 cm³/mol. The lowest BCUT2D eigenvalue weighted by molar-refractivity contribution is 0.0707. The van der Waals surface area contributed by atoms with Crippen molar-refractivity contribution in [2.75, 3.05) is 20.1 Å². The summed E-state index contributed by atoms with van der Waals surface area (Å²) in [5.74, 6) is 1.72. The van der Waals surface area contributed by atoms with Crippen LogP contribution in [0.2, 0.25) is 0 Å². The summed E-state index contributed by atoms with van der Waals surface area (Å²) in [7, 11) is 2.29. The van der Waals surface area contributed by atoms with Gasteiger partial charge in [0.25, 0.3) is 0 Å². The second-order valence-electron chi connectivity index (χ2n) is 8.28. The molecular weight excluding hydrogens is 232 g/mol. The Balaban J connectivity index is 2.74. The van der Waals surface area contributed by atoms with Crippen LogP contribution in [0.3, 0.4) is 0 Å². The van der Waals surface area contributed by atoms with Gasteiger partial charge >= 0.3 is 0 Å². The molecule has 0 aromatic heterocycles. The molecule has 0 heterocycles. The molecule has 1 aliphatic rings. The smallest absolute Gasteiger partial charge is 0.0329 e. The number of rotatable bonds is 4. The maximum Gasteiger partial charge on any atom is 0.0329 e. The van der Waals surface area contributed by atoms with Crippen LogP contribution in [-0.4, -0.2) is 30.6 Å². The largest absolute Gasteiger partial charge is 0.329 e. The Morgan fingerprint density at radius 2 is 1.84 bits per heavy atom. The molecule has 0 amide bonds. The van der Waals surface area contributed by atoms with Crippen molar-refractivity contribution in [2.45, 2.75) is 72.3 Å². The quantitative estimate of drug-likeness (QED) is 0.784. The molecule has 1 rings (SSSR count). The molecular formula is C17H36N2. The van der Waals surface area contributed by atoms with Crippen LogP contribution in [0, 0.1) is 17.3 Å². The van der Waals surface area contributed by atoms with E-state index < -0.39 is 0 Å². The third kappa shape index (κ3) is 4.75. The molecule has 2 nitrogen and oxygen atoms in total. The Morgan fingerprint density at radius 3 is 2.32 bits per heavy atom. The monoisotopic (exact) mass is 268 g/mol. The van der Waals surface area contributed by atoms with Crippen LogP contribution in [0.1, 0.15) is 66.7 Å². The van der Waals surface area contributed by atoms with Crippen molar-refractivity contribution >= 4 is 0 Å². The molecule has 2 unspecified atom stereocenters. The molecule has 0 aromatic carbocycles. The molecule has 2 atom stereocenters. The normalized spacial score (nSPS) is 29.8. The standard InChI is InChI=1S/C17H36N2/c1-14(2)15-8-7-10-17(12-18,11-9-15)19(6)13-16(3,4)5/h14-15H,7-13,18H2,1-6H3. The van der Waals surface area contributed by atoms with Crippen molar-refractivity contribution in [1.29, 1.82) is 0 Å². The zero-order valence-corrected chi connectivity index (χ0v) is 14.1. The van der Waals surface area contributed by atoms with E-state index >= 15 is 0 Å². The Hall–Kier alpha value is -0.0800. The van der Waals surface area contributed by atoms with Crippen molar-refractivity contribution in [2.24, 2.45) is 23.0 Å². The van der Waals surface area contributed by atoms with Gasteiger partial charge in [0.15, 0.2) is 0 Å². The van der Waals surface area contributed by atoms with Crippen LogP contribution in [0.5, 0.6) is 0 Å². The van der Waals surface area contributed by atoms with Gasteiger partial charge in [0.2, 0.25) is 0 Å². The lowest BCUT2D eigenvalue weighted by Crippen LogP contribution is -2.54. The first-order valence-corrected chi connectivity index (χ1v) is 8.11. The molecule has 0 radical (unpaired) electrons. The molecule has 1 aliphatic carbocycles. The molecule has 1 fully saturated rings. The fourth-order valence-electron chi connectivity index (χ4n) is 3.70. The molecule has 19 heavy (non-hydrogen) atoms. The van der Waals surface area contributed by atoms with E-state index in [-0.39, 0.29) is 5.54 Å². The van der Waals surface area contributed by atoms with Crippen LogP contribution >= 0.6 is 0 Å². The number of nitrogens with zero attached hydrogens (tertiary/aromatic N) is 1. The van der Waals surface area contributed by atoms with Crippen LogP contribution in [0.15, 0.2) is 0 Å². The fraction of sp³-hybridized carbons (Fsp3) is 1.00. The number of nitrogens with two attached hydrogens (primary N) is 1. The zero-order valence-electron chi connectivity index (χ0n) is 14.1. The fourth-order valence-corrected chi connectivity index (χ4v) is 3.70. The Morgan fingerprint density at radius 1 is 1.21 bits per heavy atom. The molecule has 0 aromatic rings. The molecule has 2 heteroatoms. The number of hydrogen-bond acceptors (Lipinski definition) is 2. The van der Waals surface area contributed by atoms with E-state index in [1.54, 1.807) is 0 Å². The van der Waals surface area contributed by atoms with E-state index in [0.717, 1.165) is 24.9 Å². The summed E-state index contributed by atoms with van der Waals surface area (Å²) < 4.78 is 0. The molecule has 114 valence electrons. The summed E-state index contributed by atoms with van der Waals surface area (Å²) in [6, 6.07) is 0. The number of hydrogen-bond donors (Lipinski definition) is 1. The van der Waals surface area contributed by atoms with Crippen molar-refractivity contribution in [1.82, 2.24) is 4.90 Å². The van der Waals surface area contributed by atoms with E-state index in [0.29, 0.717) is 5.41 Å². The molecule has 1 saturated carbocycles. The summed E-state index contributed by atoms with van der Waals surface area (Å²) >= 11 is 0. The Bertz CT molecular complexity index is 267. The third-order valence-electron chi connectivity index (χ3n) is 5.04. The number of likely N-dealkylation sites (N-methyl/N-ethyl adjacent to an activating group) is 1. The Labute approximate surface area is 121 Å². The first-order chi connectivity index (χ1) is 8.70. The minimum atomic E-state index is 0.247. The van der Waals surface area contributed by atoms with Crippen LogP contribution in [0.4, 0.5) is 0 Å². The van der Waals surface area contributed by atoms with Gasteiger partial charge in [-0.05, 0) is 43.6 Å². The summed E-state index contributed by atoms with van der Waals surface area (Å²) in [6.07, 6.45) is 6.64. The van der Waals surface area contributed by atoms with E-state index in [4.69, 9.17) is 5.73 Å². The molecule has 0 saturated heterocycles. The topological polar surface area (TPSA) is 29.3 Å². The average molecular weight is 268 g/mol. The van der Waals surface area contributed by atoms with Crippen molar-refractivity contribution in [3.63, 3.8) is 0 Å². The molecule has 0 spiro atoms. The highest BCUT2D eigenvalue weighted by Crippen LogP contribution is 2.37. The van der Waals surface area contributed by atoms with Crippen molar-refractivity contribution in [3.8, 4) is 0 Å². The lowest BCUT2D eigenvalue weighted by Gasteiger charge is -2.44. The van der Waals surface area contributed by atoms with Gasteiger partial charge in [-0.15, -0.1) is 0 Å². The van der Waals surface area contributed by atoms with Gasteiger partial charge < -0.3 is 5.73 Å². The van der Waals surface area contributed by atoms with Gasteiger partial charge in [-0.1, -0.05) is 47.5 Å². The van der Waals surface area contributed by atoms with Crippen LogP contribution in [0.25, 0.3) is 0 Å². The first-order valence-electron chi connectivity index (χ1n) is 8.11. The maximum absolute atomic E-state index is 6.21. The second kappa shape index (κ2) is 6.58. The van der Waals surface area contributed by atoms with Gasteiger partial charge in [-0.2, -0.15) is 0 Å².